The number of hydrogen-bond donors (Lipinski definition) is 2. The van der Waals surface area contributed by atoms with Gasteiger partial charge in [-0.25, -0.2) is 13.6 Å². The number of hydrogen-bond acceptors (Lipinski definition) is 1. The van der Waals surface area contributed by atoms with Crippen molar-refractivity contribution in [3.63, 3.8) is 0 Å². The molecule has 2 N–H and O–H groups in total. The lowest BCUT2D eigenvalue weighted by molar-refractivity contribution is -0.0431. The van der Waals surface area contributed by atoms with Crippen LogP contribution in [0.4, 0.5) is 13.6 Å². The fraction of sp³-hybridized carbons (Fsp3) is 0.857. The summed E-state index contributed by atoms with van der Waals surface area (Å²) in [4.78, 5) is 10.1. The van der Waals surface area contributed by atoms with Gasteiger partial charge in [0, 0.05) is 18.9 Å². The van der Waals surface area contributed by atoms with Gasteiger partial charge in [-0.2, -0.15) is 0 Å². The molecule has 5 heteroatoms. The van der Waals surface area contributed by atoms with Crippen LogP contribution in [0.2, 0.25) is 0 Å². The molecule has 1 saturated carbocycles. The molecular weight excluding hydrogens is 168 g/mol. The van der Waals surface area contributed by atoms with Crippen molar-refractivity contribution in [1.82, 2.24) is 5.32 Å². The van der Waals surface area contributed by atoms with Crippen molar-refractivity contribution >= 4 is 6.09 Å². The molecule has 3 nitrogen and oxygen atoms in total. The predicted molar refractivity (Wildman–Crippen MR) is 38.4 cm³/mol. The minimum atomic E-state index is -2.69. The number of carbonyl (C=O) groups is 1. The average molecular weight is 179 g/mol. The number of rotatable bonds is 1. The Bertz CT molecular complexity index is 184. The second-order valence-corrected chi connectivity index (χ2v) is 3.10. The third-order valence-electron chi connectivity index (χ3n) is 1.97. The van der Waals surface area contributed by atoms with Crippen LogP contribution in [0.5, 0.6) is 0 Å². The van der Waals surface area contributed by atoms with Gasteiger partial charge in [-0.3, -0.25) is 0 Å². The molecule has 0 aromatic rings. The van der Waals surface area contributed by atoms with E-state index in [1.165, 1.54) is 0 Å². The summed E-state index contributed by atoms with van der Waals surface area (Å²) in [6.07, 6.45) is -0.804. The summed E-state index contributed by atoms with van der Waals surface area (Å²) in [7, 11) is 0. The minimum absolute atomic E-state index is 0.120. The summed E-state index contributed by atoms with van der Waals surface area (Å²) < 4.78 is 25.3. The summed E-state index contributed by atoms with van der Waals surface area (Å²) in [5, 5.41) is 10.4. The van der Waals surface area contributed by atoms with Gasteiger partial charge >= 0.3 is 6.09 Å². The molecular formula is C7H11F2NO2. The molecule has 1 aliphatic rings. The molecule has 1 rings (SSSR count). The van der Waals surface area contributed by atoms with Gasteiger partial charge in [0.2, 0.25) is 5.92 Å². The van der Waals surface area contributed by atoms with E-state index in [1.54, 1.807) is 0 Å². The minimum Gasteiger partial charge on any atom is -0.465 e. The first-order chi connectivity index (χ1) is 5.49. The lowest BCUT2D eigenvalue weighted by atomic mass is 9.92. The molecule has 1 fully saturated rings. The molecule has 70 valence electrons. The molecule has 1 atom stereocenters. The topological polar surface area (TPSA) is 49.3 Å². The van der Waals surface area contributed by atoms with Crippen molar-refractivity contribution in [3.8, 4) is 0 Å². The monoisotopic (exact) mass is 179 g/mol. The van der Waals surface area contributed by atoms with Gasteiger partial charge in [0.05, 0.1) is 0 Å². The Labute approximate surface area is 68.8 Å². The third kappa shape index (κ3) is 2.64. The van der Waals surface area contributed by atoms with Crippen LogP contribution >= 0.6 is 0 Å². The molecule has 0 bridgehead atoms. The van der Waals surface area contributed by atoms with E-state index >= 15 is 0 Å². The van der Waals surface area contributed by atoms with Crippen molar-refractivity contribution in [2.75, 3.05) is 0 Å². The van der Waals surface area contributed by atoms with E-state index in [0.29, 0.717) is 12.8 Å². The molecule has 0 aliphatic heterocycles. The summed E-state index contributed by atoms with van der Waals surface area (Å²) in [5.41, 5.74) is 0. The maximum atomic E-state index is 12.7. The second kappa shape index (κ2) is 3.25. The highest BCUT2D eigenvalue weighted by Crippen LogP contribution is 2.32. The van der Waals surface area contributed by atoms with E-state index in [9.17, 15) is 13.6 Å². The van der Waals surface area contributed by atoms with Crippen molar-refractivity contribution in [1.29, 1.82) is 0 Å². The lowest BCUT2D eigenvalue weighted by Gasteiger charge is -2.28. The number of amides is 1. The van der Waals surface area contributed by atoms with Crippen molar-refractivity contribution in [3.05, 3.63) is 0 Å². The Hall–Kier alpha value is -0.870. The number of nitrogens with one attached hydrogen (secondary N) is 1. The van der Waals surface area contributed by atoms with E-state index < -0.39 is 18.1 Å². The fourth-order valence-electron chi connectivity index (χ4n) is 1.47. The van der Waals surface area contributed by atoms with E-state index in [0.717, 1.165) is 0 Å². The van der Waals surface area contributed by atoms with Crippen LogP contribution in [0.25, 0.3) is 0 Å². The molecule has 12 heavy (non-hydrogen) atoms. The normalized spacial score (nSPS) is 28.0. The van der Waals surface area contributed by atoms with Gasteiger partial charge < -0.3 is 10.4 Å². The van der Waals surface area contributed by atoms with Crippen LogP contribution in [0.3, 0.4) is 0 Å². The first-order valence-corrected chi connectivity index (χ1v) is 3.87. The van der Waals surface area contributed by atoms with Gasteiger partial charge in [0.15, 0.2) is 0 Å². The Morgan fingerprint density at radius 3 is 2.75 bits per heavy atom. The maximum absolute atomic E-state index is 12.7. The molecule has 0 saturated heterocycles. The van der Waals surface area contributed by atoms with Crippen molar-refractivity contribution in [2.24, 2.45) is 0 Å². The quantitative estimate of drug-likeness (QED) is 0.645. The van der Waals surface area contributed by atoms with Crippen LogP contribution < -0.4 is 5.32 Å². The Balaban J connectivity index is 2.41. The Kier molecular flexibility index (Phi) is 2.49. The smallest absolute Gasteiger partial charge is 0.404 e. The van der Waals surface area contributed by atoms with E-state index in [-0.39, 0.29) is 12.8 Å². The first-order valence-electron chi connectivity index (χ1n) is 3.87. The van der Waals surface area contributed by atoms with Crippen molar-refractivity contribution in [2.45, 2.75) is 37.6 Å². The average Bonchev–Trinajstić information content (AvgIpc) is 1.82. The van der Waals surface area contributed by atoms with Crippen LogP contribution in [0.1, 0.15) is 25.7 Å². The van der Waals surface area contributed by atoms with E-state index in [2.05, 4.69) is 5.32 Å². The second-order valence-electron chi connectivity index (χ2n) is 3.10. The predicted octanol–water partition coefficient (Wildman–Crippen LogP) is 1.83. The molecule has 0 radical (unpaired) electrons. The molecule has 0 heterocycles. The summed E-state index contributed by atoms with van der Waals surface area (Å²) in [6, 6.07) is -0.578. The van der Waals surface area contributed by atoms with Gasteiger partial charge in [-0.05, 0) is 12.8 Å². The highest BCUT2D eigenvalue weighted by atomic mass is 19.3. The highest BCUT2D eigenvalue weighted by molar-refractivity contribution is 5.64. The highest BCUT2D eigenvalue weighted by Gasteiger charge is 2.36. The SMILES string of the molecule is O=C(O)N[C@H]1CCCC(F)(F)C1. The van der Waals surface area contributed by atoms with Crippen LogP contribution in [-0.2, 0) is 0 Å². The lowest BCUT2D eigenvalue weighted by Crippen LogP contribution is -2.41. The Morgan fingerprint density at radius 2 is 2.25 bits per heavy atom. The number of alkyl halides is 2. The van der Waals surface area contributed by atoms with E-state index in [4.69, 9.17) is 5.11 Å². The zero-order valence-electron chi connectivity index (χ0n) is 6.52. The third-order valence-corrected chi connectivity index (χ3v) is 1.97. The zero-order chi connectivity index (χ0) is 9.19. The fourth-order valence-corrected chi connectivity index (χ4v) is 1.47. The summed E-state index contributed by atoms with van der Waals surface area (Å²) >= 11 is 0. The first kappa shape index (κ1) is 9.22. The molecule has 1 amide bonds. The van der Waals surface area contributed by atoms with Gasteiger partial charge in [0.1, 0.15) is 0 Å². The largest absolute Gasteiger partial charge is 0.465 e. The zero-order valence-corrected chi connectivity index (χ0v) is 6.52. The van der Waals surface area contributed by atoms with Crippen molar-refractivity contribution < 1.29 is 18.7 Å². The van der Waals surface area contributed by atoms with Crippen LogP contribution in [0, 0.1) is 0 Å². The van der Waals surface area contributed by atoms with Gasteiger partial charge in [0.25, 0.3) is 0 Å². The Morgan fingerprint density at radius 1 is 1.58 bits per heavy atom. The molecule has 0 spiro atoms. The maximum Gasteiger partial charge on any atom is 0.404 e. The summed E-state index contributed by atoms with van der Waals surface area (Å²) in [6.45, 7) is 0. The van der Waals surface area contributed by atoms with Crippen LogP contribution in [-0.4, -0.2) is 23.2 Å². The summed E-state index contributed by atoms with van der Waals surface area (Å²) in [5.74, 6) is -2.69. The molecule has 1 aliphatic carbocycles. The van der Waals surface area contributed by atoms with Gasteiger partial charge in [-0.1, -0.05) is 0 Å². The van der Waals surface area contributed by atoms with E-state index in [1.807, 2.05) is 0 Å². The standard InChI is InChI=1S/C7H11F2NO2/c8-7(9)3-1-2-5(4-7)10-6(11)12/h5,10H,1-4H2,(H,11,12)/t5-/m0/s1. The number of halogens is 2. The molecule has 0 unspecified atom stereocenters. The molecule has 0 aromatic carbocycles. The van der Waals surface area contributed by atoms with Crippen LogP contribution in [0.15, 0.2) is 0 Å². The number of carboxylic acid groups (broad SMARTS) is 1. The molecule has 0 aromatic heterocycles. The van der Waals surface area contributed by atoms with Gasteiger partial charge in [-0.15, -0.1) is 0 Å².